The van der Waals surface area contributed by atoms with Gasteiger partial charge in [-0.2, -0.15) is 0 Å². The van der Waals surface area contributed by atoms with Crippen LogP contribution >= 0.6 is 0 Å². The van der Waals surface area contributed by atoms with E-state index >= 15 is 0 Å². The van der Waals surface area contributed by atoms with Gasteiger partial charge < -0.3 is 10.1 Å². The Balaban J connectivity index is 2.07. The van der Waals surface area contributed by atoms with Crippen molar-refractivity contribution < 1.29 is 13.2 Å². The maximum absolute atomic E-state index is 11.9. The third-order valence-electron chi connectivity index (χ3n) is 3.62. The van der Waals surface area contributed by atoms with Gasteiger partial charge in [-0.25, -0.2) is 13.1 Å². The van der Waals surface area contributed by atoms with Gasteiger partial charge in [0.15, 0.2) is 0 Å². The van der Waals surface area contributed by atoms with Crippen molar-refractivity contribution in [2.75, 3.05) is 20.2 Å². The summed E-state index contributed by atoms with van der Waals surface area (Å²) in [4.78, 5) is 0. The molecule has 132 valence electrons. The Morgan fingerprint density at radius 3 is 2.17 bits per heavy atom. The van der Waals surface area contributed by atoms with Crippen molar-refractivity contribution in [3.8, 4) is 5.75 Å². The molecular weight excluding hydrogens is 312 g/mol. The highest BCUT2D eigenvalue weighted by molar-refractivity contribution is 7.90. The van der Waals surface area contributed by atoms with Crippen LogP contribution in [0.5, 0.6) is 5.75 Å². The quantitative estimate of drug-likeness (QED) is 0.642. The lowest BCUT2D eigenvalue weighted by Crippen LogP contribution is -2.39. The van der Waals surface area contributed by atoms with Gasteiger partial charge in [0.1, 0.15) is 5.75 Å². The fourth-order valence-corrected chi connectivity index (χ4v) is 2.80. The zero-order valence-electron chi connectivity index (χ0n) is 14.7. The summed E-state index contributed by atoms with van der Waals surface area (Å²) < 4.78 is 30.8. The van der Waals surface area contributed by atoms with Crippen LogP contribution in [0.3, 0.4) is 0 Å². The van der Waals surface area contributed by atoms with Crippen molar-refractivity contribution in [3.05, 3.63) is 29.8 Å². The molecular formula is C17H30N2O3S. The standard InChI is InChI=1S/C17H30N2O3S/c1-17(2,3)23(20,21)19-13-7-5-6-12-18-14-15-8-10-16(22-4)11-9-15/h8-11,18-19H,5-7,12-14H2,1-4H3. The van der Waals surface area contributed by atoms with E-state index in [9.17, 15) is 8.42 Å². The van der Waals surface area contributed by atoms with Gasteiger partial charge in [0, 0.05) is 13.1 Å². The minimum atomic E-state index is -3.21. The SMILES string of the molecule is COc1ccc(CNCCCCCNS(=O)(=O)C(C)(C)C)cc1. The third-order valence-corrected chi connectivity index (χ3v) is 5.81. The van der Waals surface area contributed by atoms with Gasteiger partial charge in [-0.15, -0.1) is 0 Å². The molecule has 0 aliphatic rings. The van der Waals surface area contributed by atoms with E-state index in [-0.39, 0.29) is 0 Å². The highest BCUT2D eigenvalue weighted by atomic mass is 32.2. The molecule has 0 aliphatic carbocycles. The molecule has 2 N–H and O–H groups in total. The first-order chi connectivity index (χ1) is 10.8. The molecule has 0 saturated carbocycles. The topological polar surface area (TPSA) is 67.4 Å². The Hall–Kier alpha value is -1.11. The van der Waals surface area contributed by atoms with Gasteiger partial charge in [0.2, 0.25) is 10.0 Å². The molecule has 6 heteroatoms. The number of nitrogens with one attached hydrogen (secondary N) is 2. The fourth-order valence-electron chi connectivity index (χ4n) is 1.95. The summed E-state index contributed by atoms with van der Waals surface area (Å²) in [6.45, 7) is 7.39. The van der Waals surface area contributed by atoms with Crippen LogP contribution in [0.4, 0.5) is 0 Å². The van der Waals surface area contributed by atoms with Crippen LogP contribution in [0.15, 0.2) is 24.3 Å². The zero-order valence-corrected chi connectivity index (χ0v) is 15.5. The van der Waals surface area contributed by atoms with Crippen LogP contribution in [-0.4, -0.2) is 33.4 Å². The molecule has 1 rings (SSSR count). The number of hydrogen-bond donors (Lipinski definition) is 2. The maximum Gasteiger partial charge on any atom is 0.216 e. The molecule has 5 nitrogen and oxygen atoms in total. The summed E-state index contributed by atoms with van der Waals surface area (Å²) in [6, 6.07) is 8.01. The number of rotatable bonds is 10. The van der Waals surface area contributed by atoms with Crippen molar-refractivity contribution in [2.24, 2.45) is 0 Å². The molecule has 0 aromatic heterocycles. The average molecular weight is 343 g/mol. The summed E-state index contributed by atoms with van der Waals surface area (Å²) in [7, 11) is -1.55. The van der Waals surface area contributed by atoms with Crippen molar-refractivity contribution in [3.63, 3.8) is 0 Å². The van der Waals surface area contributed by atoms with Crippen LogP contribution in [0, 0.1) is 0 Å². The molecule has 0 bridgehead atoms. The van der Waals surface area contributed by atoms with Crippen LogP contribution in [0.2, 0.25) is 0 Å². The van der Waals surface area contributed by atoms with Gasteiger partial charge in [-0.1, -0.05) is 18.6 Å². The van der Waals surface area contributed by atoms with Gasteiger partial charge >= 0.3 is 0 Å². The smallest absolute Gasteiger partial charge is 0.216 e. The molecule has 0 unspecified atom stereocenters. The molecule has 0 fully saturated rings. The van der Waals surface area contributed by atoms with Crippen molar-refractivity contribution in [2.45, 2.75) is 51.3 Å². The van der Waals surface area contributed by atoms with E-state index in [0.29, 0.717) is 6.54 Å². The number of hydrogen-bond acceptors (Lipinski definition) is 4. The normalized spacial score (nSPS) is 12.3. The van der Waals surface area contributed by atoms with E-state index in [2.05, 4.69) is 10.0 Å². The first-order valence-corrected chi connectivity index (χ1v) is 9.57. The van der Waals surface area contributed by atoms with E-state index in [1.807, 2.05) is 24.3 Å². The summed E-state index contributed by atoms with van der Waals surface area (Å²) in [5.74, 6) is 0.867. The molecule has 0 aliphatic heterocycles. The number of sulfonamides is 1. The van der Waals surface area contributed by atoms with Gasteiger partial charge in [0.05, 0.1) is 11.9 Å². The average Bonchev–Trinajstić information content (AvgIpc) is 2.49. The number of benzene rings is 1. The van der Waals surface area contributed by atoms with Crippen molar-refractivity contribution >= 4 is 10.0 Å². The fraction of sp³-hybridized carbons (Fsp3) is 0.647. The lowest BCUT2D eigenvalue weighted by Gasteiger charge is -2.19. The minimum Gasteiger partial charge on any atom is -0.497 e. The third kappa shape index (κ3) is 7.33. The van der Waals surface area contributed by atoms with Crippen LogP contribution in [-0.2, 0) is 16.6 Å². The largest absolute Gasteiger partial charge is 0.497 e. The van der Waals surface area contributed by atoms with E-state index in [1.165, 1.54) is 5.56 Å². The molecule has 0 radical (unpaired) electrons. The lowest BCUT2D eigenvalue weighted by atomic mass is 10.2. The summed E-state index contributed by atoms with van der Waals surface area (Å²) in [6.07, 6.45) is 2.90. The molecule has 0 spiro atoms. The predicted molar refractivity (Wildman–Crippen MR) is 95.2 cm³/mol. The lowest BCUT2D eigenvalue weighted by molar-refractivity contribution is 0.414. The first-order valence-electron chi connectivity index (χ1n) is 8.09. The van der Waals surface area contributed by atoms with E-state index in [0.717, 1.165) is 38.1 Å². The molecule has 23 heavy (non-hydrogen) atoms. The van der Waals surface area contributed by atoms with Crippen LogP contribution in [0.1, 0.15) is 45.6 Å². The van der Waals surface area contributed by atoms with E-state index in [4.69, 9.17) is 4.74 Å². The number of methoxy groups -OCH3 is 1. The Morgan fingerprint density at radius 1 is 1.00 bits per heavy atom. The molecule has 1 aromatic carbocycles. The second kappa shape index (κ2) is 9.25. The second-order valence-corrected chi connectivity index (χ2v) is 9.12. The summed E-state index contributed by atoms with van der Waals surface area (Å²) >= 11 is 0. The van der Waals surface area contributed by atoms with Crippen molar-refractivity contribution in [1.29, 1.82) is 0 Å². The second-order valence-electron chi connectivity index (χ2n) is 6.60. The Kier molecular flexibility index (Phi) is 8.02. The van der Waals surface area contributed by atoms with Gasteiger partial charge in [-0.3, -0.25) is 0 Å². The molecule has 0 atom stereocenters. The van der Waals surface area contributed by atoms with Crippen LogP contribution in [0.25, 0.3) is 0 Å². The Labute approximate surface area is 140 Å². The summed E-state index contributed by atoms with van der Waals surface area (Å²) in [5, 5.41) is 3.39. The Bertz CT molecular complexity index is 548. The monoisotopic (exact) mass is 342 g/mol. The van der Waals surface area contributed by atoms with E-state index < -0.39 is 14.8 Å². The molecule has 0 amide bonds. The van der Waals surface area contributed by atoms with Crippen molar-refractivity contribution in [1.82, 2.24) is 10.0 Å². The maximum atomic E-state index is 11.9. The van der Waals surface area contributed by atoms with Crippen LogP contribution < -0.4 is 14.8 Å². The predicted octanol–water partition coefficient (Wildman–Crippen LogP) is 2.67. The number of unbranched alkanes of at least 4 members (excludes halogenated alkanes) is 2. The van der Waals surface area contributed by atoms with Gasteiger partial charge in [0.25, 0.3) is 0 Å². The highest BCUT2D eigenvalue weighted by Gasteiger charge is 2.27. The minimum absolute atomic E-state index is 0.512. The highest BCUT2D eigenvalue weighted by Crippen LogP contribution is 2.13. The van der Waals surface area contributed by atoms with Gasteiger partial charge in [-0.05, 0) is 57.9 Å². The molecule has 0 heterocycles. The number of ether oxygens (including phenoxy) is 1. The summed E-state index contributed by atoms with van der Waals surface area (Å²) in [5.41, 5.74) is 1.23. The molecule has 1 aromatic rings. The van der Waals surface area contributed by atoms with E-state index in [1.54, 1.807) is 27.9 Å². The first kappa shape index (κ1) is 19.9. The zero-order chi connectivity index (χ0) is 17.3. The Morgan fingerprint density at radius 2 is 1.61 bits per heavy atom. The molecule has 0 saturated heterocycles.